The van der Waals surface area contributed by atoms with Crippen molar-refractivity contribution in [3.63, 3.8) is 0 Å². The Balaban J connectivity index is 2.01. The molecule has 2 rings (SSSR count). The molecule has 1 aliphatic carbocycles. The van der Waals surface area contributed by atoms with Gasteiger partial charge in [-0.1, -0.05) is 18.0 Å². The summed E-state index contributed by atoms with van der Waals surface area (Å²) in [6.07, 6.45) is 3.46. The fraction of sp³-hybridized carbons (Fsp3) is 0.429. The second-order valence-electron chi connectivity index (χ2n) is 5.07. The summed E-state index contributed by atoms with van der Waals surface area (Å²) < 4.78 is 0. The fourth-order valence-corrected chi connectivity index (χ4v) is 2.40. The van der Waals surface area contributed by atoms with Crippen molar-refractivity contribution < 1.29 is 14.7 Å². The van der Waals surface area contributed by atoms with E-state index in [1.54, 1.807) is 6.07 Å². The number of aromatic carboxylic acids is 1. The average molecular weight is 297 g/mol. The van der Waals surface area contributed by atoms with Crippen molar-refractivity contribution in [2.75, 3.05) is 5.32 Å². The Labute approximate surface area is 122 Å². The lowest BCUT2D eigenvalue weighted by Gasteiger charge is -2.31. The van der Waals surface area contributed by atoms with Crippen LogP contribution < -0.4 is 10.6 Å². The topological polar surface area (TPSA) is 78.4 Å². The largest absolute Gasteiger partial charge is 0.478 e. The van der Waals surface area contributed by atoms with E-state index in [1.165, 1.54) is 18.6 Å². The van der Waals surface area contributed by atoms with Crippen LogP contribution in [0.25, 0.3) is 0 Å². The minimum Gasteiger partial charge on any atom is -0.478 e. The van der Waals surface area contributed by atoms with Gasteiger partial charge in [0.15, 0.2) is 0 Å². The quantitative estimate of drug-likeness (QED) is 0.797. The van der Waals surface area contributed by atoms with E-state index >= 15 is 0 Å². The first-order chi connectivity index (χ1) is 9.47. The van der Waals surface area contributed by atoms with E-state index in [-0.39, 0.29) is 17.3 Å². The van der Waals surface area contributed by atoms with E-state index in [1.807, 2.05) is 6.92 Å². The zero-order chi connectivity index (χ0) is 14.7. The smallest absolute Gasteiger partial charge is 0.337 e. The van der Waals surface area contributed by atoms with Crippen LogP contribution in [0.1, 0.15) is 36.5 Å². The molecule has 0 saturated heterocycles. The maximum atomic E-state index is 11.9. The molecule has 1 atom stereocenters. The molecule has 1 aromatic rings. The molecule has 3 N–H and O–H groups in total. The Bertz CT molecular complexity index is 529. The van der Waals surface area contributed by atoms with Gasteiger partial charge >= 0.3 is 12.0 Å². The summed E-state index contributed by atoms with van der Waals surface area (Å²) in [4.78, 5) is 23.0. The Morgan fingerprint density at radius 1 is 1.40 bits per heavy atom. The lowest BCUT2D eigenvalue weighted by molar-refractivity contribution is 0.0698. The average Bonchev–Trinajstić information content (AvgIpc) is 2.28. The molecule has 20 heavy (non-hydrogen) atoms. The van der Waals surface area contributed by atoms with Gasteiger partial charge in [0.25, 0.3) is 0 Å². The highest BCUT2D eigenvalue weighted by molar-refractivity contribution is 6.31. The number of carbonyl (C=O) groups excluding carboxylic acids is 1. The maximum Gasteiger partial charge on any atom is 0.337 e. The van der Waals surface area contributed by atoms with Gasteiger partial charge in [-0.25, -0.2) is 9.59 Å². The number of amides is 2. The molecule has 0 heterocycles. The van der Waals surface area contributed by atoms with Gasteiger partial charge in [0, 0.05) is 11.1 Å². The summed E-state index contributed by atoms with van der Waals surface area (Å²) in [5.41, 5.74) is 0.212. The second-order valence-corrected chi connectivity index (χ2v) is 5.51. The summed E-state index contributed by atoms with van der Waals surface area (Å²) in [5.74, 6) is -0.611. The number of carboxylic acid groups (broad SMARTS) is 1. The highest BCUT2D eigenvalue weighted by Crippen LogP contribution is 2.29. The van der Waals surface area contributed by atoms with Crippen LogP contribution in [-0.2, 0) is 0 Å². The molecule has 0 aromatic heterocycles. The van der Waals surface area contributed by atoms with Crippen molar-refractivity contribution in [3.05, 3.63) is 28.8 Å². The molecule has 1 aliphatic rings. The number of carbonyl (C=O) groups is 2. The van der Waals surface area contributed by atoms with E-state index in [9.17, 15) is 9.59 Å². The van der Waals surface area contributed by atoms with Crippen LogP contribution >= 0.6 is 11.6 Å². The third-order valence-electron chi connectivity index (χ3n) is 3.68. The highest BCUT2D eigenvalue weighted by atomic mass is 35.5. The summed E-state index contributed by atoms with van der Waals surface area (Å²) in [6.45, 7) is 1.96. The fourth-order valence-electron chi connectivity index (χ4n) is 2.23. The summed E-state index contributed by atoms with van der Waals surface area (Å²) in [6, 6.07) is 4.03. The first-order valence-corrected chi connectivity index (χ1v) is 6.95. The molecule has 1 saturated carbocycles. The molecule has 0 spiro atoms. The molecule has 5 nitrogen and oxygen atoms in total. The van der Waals surface area contributed by atoms with Crippen molar-refractivity contribution in [1.82, 2.24) is 5.32 Å². The third-order valence-corrected chi connectivity index (χ3v) is 3.91. The van der Waals surface area contributed by atoms with Crippen molar-refractivity contribution in [2.24, 2.45) is 5.92 Å². The van der Waals surface area contributed by atoms with Crippen LogP contribution in [0, 0.1) is 5.92 Å². The van der Waals surface area contributed by atoms with E-state index < -0.39 is 12.0 Å². The van der Waals surface area contributed by atoms with E-state index in [4.69, 9.17) is 16.7 Å². The van der Waals surface area contributed by atoms with Gasteiger partial charge in [0.05, 0.1) is 11.3 Å². The maximum absolute atomic E-state index is 11.9. The first kappa shape index (κ1) is 14.7. The molecular formula is C14H17ClN2O3. The Kier molecular flexibility index (Phi) is 4.49. The normalized spacial score (nSPS) is 16.1. The van der Waals surface area contributed by atoms with Gasteiger partial charge in [-0.2, -0.15) is 0 Å². The molecule has 0 radical (unpaired) electrons. The van der Waals surface area contributed by atoms with Crippen molar-refractivity contribution in [1.29, 1.82) is 0 Å². The molecule has 1 aromatic carbocycles. The number of halogens is 1. The van der Waals surface area contributed by atoms with Gasteiger partial charge in [0.2, 0.25) is 0 Å². The van der Waals surface area contributed by atoms with Crippen LogP contribution in [0.4, 0.5) is 10.5 Å². The van der Waals surface area contributed by atoms with E-state index in [2.05, 4.69) is 10.6 Å². The minimum atomic E-state index is -1.13. The van der Waals surface area contributed by atoms with Crippen LogP contribution in [-0.4, -0.2) is 23.1 Å². The third kappa shape index (κ3) is 3.42. The van der Waals surface area contributed by atoms with Crippen LogP contribution in [0.15, 0.2) is 18.2 Å². The van der Waals surface area contributed by atoms with Crippen LogP contribution in [0.5, 0.6) is 0 Å². The molecule has 6 heteroatoms. The van der Waals surface area contributed by atoms with Crippen LogP contribution in [0.2, 0.25) is 5.02 Å². The van der Waals surface area contributed by atoms with E-state index in [0.29, 0.717) is 10.9 Å². The van der Waals surface area contributed by atoms with Gasteiger partial charge in [0.1, 0.15) is 0 Å². The molecular weight excluding hydrogens is 280 g/mol. The molecule has 1 fully saturated rings. The monoisotopic (exact) mass is 296 g/mol. The zero-order valence-corrected chi connectivity index (χ0v) is 11.9. The Morgan fingerprint density at radius 2 is 2.10 bits per heavy atom. The highest BCUT2D eigenvalue weighted by Gasteiger charge is 2.25. The predicted molar refractivity (Wildman–Crippen MR) is 77.4 cm³/mol. The van der Waals surface area contributed by atoms with Gasteiger partial charge in [-0.05, 0) is 43.9 Å². The van der Waals surface area contributed by atoms with Gasteiger partial charge < -0.3 is 15.7 Å². The number of hydrogen-bond donors (Lipinski definition) is 3. The number of anilines is 1. The number of nitrogens with one attached hydrogen (secondary N) is 2. The molecule has 1 unspecified atom stereocenters. The molecule has 108 valence electrons. The Hall–Kier alpha value is -1.75. The molecule has 0 aliphatic heterocycles. The predicted octanol–water partition coefficient (Wildman–Crippen LogP) is 3.35. The number of urea groups is 1. The number of benzene rings is 1. The van der Waals surface area contributed by atoms with Crippen molar-refractivity contribution in [3.8, 4) is 0 Å². The van der Waals surface area contributed by atoms with Crippen LogP contribution in [0.3, 0.4) is 0 Å². The van der Waals surface area contributed by atoms with E-state index in [0.717, 1.165) is 12.8 Å². The second kappa shape index (κ2) is 6.13. The zero-order valence-electron chi connectivity index (χ0n) is 11.1. The first-order valence-electron chi connectivity index (χ1n) is 6.57. The molecule has 2 amide bonds. The molecule has 0 bridgehead atoms. The van der Waals surface area contributed by atoms with Gasteiger partial charge in [-0.3, -0.25) is 0 Å². The number of carboxylic acids is 1. The van der Waals surface area contributed by atoms with Crippen molar-refractivity contribution >= 4 is 29.3 Å². The SMILES string of the molecule is CC(NC(=O)Nc1ccc(Cl)cc1C(=O)O)C1CCC1. The summed E-state index contributed by atoms with van der Waals surface area (Å²) >= 11 is 5.76. The lowest BCUT2D eigenvalue weighted by Crippen LogP contribution is -2.42. The standard InChI is InChI=1S/C14H17ClN2O3/c1-8(9-3-2-4-9)16-14(20)17-12-6-5-10(15)7-11(12)13(18)19/h5-9H,2-4H2,1H3,(H,18,19)(H2,16,17,20). The van der Waals surface area contributed by atoms with Crippen molar-refractivity contribution in [2.45, 2.75) is 32.2 Å². The summed E-state index contributed by atoms with van der Waals surface area (Å²) in [7, 11) is 0. The Morgan fingerprint density at radius 3 is 2.65 bits per heavy atom. The minimum absolute atomic E-state index is 0.0241. The van der Waals surface area contributed by atoms with Gasteiger partial charge in [-0.15, -0.1) is 0 Å². The number of hydrogen-bond acceptors (Lipinski definition) is 2. The summed E-state index contributed by atoms with van der Waals surface area (Å²) in [5, 5.41) is 14.8. The lowest BCUT2D eigenvalue weighted by atomic mass is 9.80. The number of rotatable bonds is 4.